The predicted octanol–water partition coefficient (Wildman–Crippen LogP) is 3.29. The summed E-state index contributed by atoms with van der Waals surface area (Å²) in [6.45, 7) is 5.13. The molecule has 0 amide bonds. The Kier molecular flexibility index (Phi) is 4.73. The second-order valence-electron chi connectivity index (χ2n) is 5.68. The largest absolute Gasteiger partial charge is 0.354 e. The van der Waals surface area contributed by atoms with Gasteiger partial charge in [-0.15, -0.1) is 0 Å². The zero-order chi connectivity index (χ0) is 13.7. The third-order valence-corrected chi connectivity index (χ3v) is 3.85. The molecule has 102 valence electrons. The van der Waals surface area contributed by atoms with Gasteiger partial charge in [0.15, 0.2) is 0 Å². The molecule has 0 aromatic carbocycles. The highest BCUT2D eigenvalue weighted by Gasteiger charge is 2.18. The molecule has 1 heterocycles. The van der Waals surface area contributed by atoms with E-state index in [0.29, 0.717) is 11.6 Å². The van der Waals surface area contributed by atoms with Crippen LogP contribution in [0.1, 0.15) is 50.4 Å². The van der Waals surface area contributed by atoms with E-state index in [4.69, 9.17) is 5.26 Å². The van der Waals surface area contributed by atoms with E-state index >= 15 is 0 Å². The summed E-state index contributed by atoms with van der Waals surface area (Å²) >= 11 is 0. The van der Waals surface area contributed by atoms with Gasteiger partial charge in [0.1, 0.15) is 11.8 Å². The van der Waals surface area contributed by atoms with Gasteiger partial charge in [-0.05, 0) is 37.7 Å². The van der Waals surface area contributed by atoms with E-state index in [1.54, 1.807) is 6.07 Å². The molecule has 0 radical (unpaired) electrons. The molecular weight excluding hydrogens is 236 g/mol. The van der Waals surface area contributed by atoms with Crippen LogP contribution in [0.5, 0.6) is 0 Å². The smallest absolute Gasteiger partial charge is 0.224 e. The monoisotopic (exact) mass is 258 g/mol. The van der Waals surface area contributed by atoms with Crippen molar-refractivity contribution in [1.82, 2.24) is 9.97 Å². The minimum absolute atomic E-state index is 0.432. The van der Waals surface area contributed by atoms with Crippen LogP contribution in [0.15, 0.2) is 6.07 Å². The summed E-state index contributed by atoms with van der Waals surface area (Å²) in [5.74, 6) is 2.29. The van der Waals surface area contributed by atoms with Crippen molar-refractivity contribution in [2.45, 2.75) is 46.0 Å². The van der Waals surface area contributed by atoms with E-state index in [0.717, 1.165) is 24.1 Å². The van der Waals surface area contributed by atoms with Crippen LogP contribution in [0, 0.1) is 30.1 Å². The summed E-state index contributed by atoms with van der Waals surface area (Å²) in [4.78, 5) is 8.47. The molecule has 0 spiro atoms. The van der Waals surface area contributed by atoms with E-state index in [1.165, 1.54) is 32.1 Å². The number of nitriles is 1. The molecule has 1 aromatic heterocycles. The third kappa shape index (κ3) is 4.20. The number of aromatic nitrogens is 2. The van der Waals surface area contributed by atoms with Gasteiger partial charge in [-0.25, -0.2) is 9.97 Å². The van der Waals surface area contributed by atoms with Crippen LogP contribution in [0.3, 0.4) is 0 Å². The van der Waals surface area contributed by atoms with Gasteiger partial charge in [0, 0.05) is 12.2 Å². The van der Waals surface area contributed by atoms with Gasteiger partial charge in [-0.3, -0.25) is 0 Å². The first-order valence-electron chi connectivity index (χ1n) is 7.17. The highest BCUT2D eigenvalue weighted by atomic mass is 15.1. The van der Waals surface area contributed by atoms with Gasteiger partial charge in [-0.1, -0.05) is 26.2 Å². The van der Waals surface area contributed by atoms with E-state index < -0.39 is 0 Å². The Balaban J connectivity index is 1.82. The minimum Gasteiger partial charge on any atom is -0.354 e. The van der Waals surface area contributed by atoms with Crippen LogP contribution in [-0.2, 0) is 0 Å². The standard InChI is InChI=1S/C15H22N4/c1-11-4-3-5-13(8-11)6-7-17-15-18-12(2)9-14(10-16)19-15/h9,11,13H,3-8H2,1-2H3,(H,17,18,19). The Labute approximate surface area is 115 Å². The summed E-state index contributed by atoms with van der Waals surface area (Å²) in [6.07, 6.45) is 6.62. The lowest BCUT2D eigenvalue weighted by Crippen LogP contribution is -2.17. The molecule has 2 rings (SSSR count). The summed E-state index contributed by atoms with van der Waals surface area (Å²) < 4.78 is 0. The molecule has 4 heteroatoms. The molecule has 19 heavy (non-hydrogen) atoms. The fraction of sp³-hybridized carbons (Fsp3) is 0.667. The molecule has 0 saturated heterocycles. The van der Waals surface area contributed by atoms with Crippen molar-refractivity contribution >= 4 is 5.95 Å². The van der Waals surface area contributed by atoms with Crippen LogP contribution in [0.2, 0.25) is 0 Å². The number of hydrogen-bond acceptors (Lipinski definition) is 4. The van der Waals surface area contributed by atoms with Crippen LogP contribution < -0.4 is 5.32 Å². The molecule has 1 aromatic rings. The zero-order valence-electron chi connectivity index (χ0n) is 11.8. The third-order valence-electron chi connectivity index (χ3n) is 3.85. The average molecular weight is 258 g/mol. The van der Waals surface area contributed by atoms with Crippen molar-refractivity contribution in [2.24, 2.45) is 11.8 Å². The number of hydrogen-bond donors (Lipinski definition) is 1. The zero-order valence-corrected chi connectivity index (χ0v) is 11.8. The van der Waals surface area contributed by atoms with Crippen LogP contribution in [-0.4, -0.2) is 16.5 Å². The topological polar surface area (TPSA) is 61.6 Å². The molecule has 1 aliphatic rings. The number of aryl methyl sites for hydroxylation is 1. The van der Waals surface area contributed by atoms with E-state index in [9.17, 15) is 0 Å². The molecule has 1 fully saturated rings. The quantitative estimate of drug-likeness (QED) is 0.900. The van der Waals surface area contributed by atoms with Gasteiger partial charge in [0.2, 0.25) is 5.95 Å². The minimum atomic E-state index is 0.432. The van der Waals surface area contributed by atoms with Gasteiger partial charge in [-0.2, -0.15) is 5.26 Å². The summed E-state index contributed by atoms with van der Waals surface area (Å²) in [7, 11) is 0. The first kappa shape index (κ1) is 13.8. The second-order valence-corrected chi connectivity index (χ2v) is 5.68. The first-order valence-corrected chi connectivity index (χ1v) is 7.17. The highest BCUT2D eigenvalue weighted by Crippen LogP contribution is 2.30. The molecule has 2 atom stereocenters. The number of nitrogens with zero attached hydrogens (tertiary/aromatic N) is 3. The van der Waals surface area contributed by atoms with Crippen molar-refractivity contribution in [3.05, 3.63) is 17.5 Å². The van der Waals surface area contributed by atoms with Gasteiger partial charge in [0.25, 0.3) is 0 Å². The van der Waals surface area contributed by atoms with Crippen molar-refractivity contribution in [3.8, 4) is 6.07 Å². The number of anilines is 1. The van der Waals surface area contributed by atoms with Crippen molar-refractivity contribution in [1.29, 1.82) is 5.26 Å². The SMILES string of the molecule is Cc1cc(C#N)nc(NCCC2CCCC(C)C2)n1. The second kappa shape index (κ2) is 6.51. The molecule has 2 unspecified atom stereocenters. The van der Waals surface area contributed by atoms with Crippen LogP contribution in [0.4, 0.5) is 5.95 Å². The maximum atomic E-state index is 8.88. The van der Waals surface area contributed by atoms with Crippen LogP contribution in [0.25, 0.3) is 0 Å². The fourth-order valence-corrected chi connectivity index (χ4v) is 2.91. The lowest BCUT2D eigenvalue weighted by atomic mass is 9.81. The predicted molar refractivity (Wildman–Crippen MR) is 75.7 cm³/mol. The number of rotatable bonds is 4. The van der Waals surface area contributed by atoms with Crippen molar-refractivity contribution in [2.75, 3.05) is 11.9 Å². The molecule has 4 nitrogen and oxygen atoms in total. The molecular formula is C15H22N4. The lowest BCUT2D eigenvalue weighted by Gasteiger charge is -2.26. The van der Waals surface area contributed by atoms with E-state index in [2.05, 4.69) is 28.3 Å². The lowest BCUT2D eigenvalue weighted by molar-refractivity contribution is 0.274. The normalized spacial score (nSPS) is 22.8. The maximum absolute atomic E-state index is 8.88. The van der Waals surface area contributed by atoms with E-state index in [-0.39, 0.29) is 0 Å². The summed E-state index contributed by atoms with van der Waals surface area (Å²) in [5, 5.41) is 12.1. The summed E-state index contributed by atoms with van der Waals surface area (Å²) in [5.41, 5.74) is 1.27. The van der Waals surface area contributed by atoms with Gasteiger partial charge in [0.05, 0.1) is 0 Å². The van der Waals surface area contributed by atoms with Gasteiger partial charge < -0.3 is 5.32 Å². The van der Waals surface area contributed by atoms with Gasteiger partial charge >= 0.3 is 0 Å². The Bertz CT molecular complexity index is 464. The Morgan fingerprint density at radius 2 is 2.26 bits per heavy atom. The first-order chi connectivity index (χ1) is 9.17. The molecule has 1 N–H and O–H groups in total. The Morgan fingerprint density at radius 1 is 1.42 bits per heavy atom. The van der Waals surface area contributed by atoms with Crippen molar-refractivity contribution in [3.63, 3.8) is 0 Å². The number of nitrogens with one attached hydrogen (secondary N) is 1. The molecule has 1 aliphatic carbocycles. The molecule has 0 aliphatic heterocycles. The average Bonchev–Trinajstić information content (AvgIpc) is 2.38. The molecule has 1 saturated carbocycles. The highest BCUT2D eigenvalue weighted by molar-refractivity contribution is 5.32. The Morgan fingerprint density at radius 3 is 3.00 bits per heavy atom. The van der Waals surface area contributed by atoms with E-state index in [1.807, 2.05) is 6.92 Å². The maximum Gasteiger partial charge on any atom is 0.224 e. The van der Waals surface area contributed by atoms with Crippen molar-refractivity contribution < 1.29 is 0 Å². The summed E-state index contributed by atoms with van der Waals surface area (Å²) in [6, 6.07) is 3.77. The molecule has 0 bridgehead atoms. The van der Waals surface area contributed by atoms with Crippen LogP contribution >= 0.6 is 0 Å². The Hall–Kier alpha value is -1.63. The fourth-order valence-electron chi connectivity index (χ4n) is 2.91.